The molecule has 0 nitrogen and oxygen atoms in total. The van der Waals surface area contributed by atoms with Crippen LogP contribution < -0.4 is 0 Å². The Morgan fingerprint density at radius 3 is 1.75 bits per heavy atom. The van der Waals surface area contributed by atoms with E-state index in [-0.39, 0.29) is 10.8 Å². The van der Waals surface area contributed by atoms with E-state index in [0.717, 1.165) is 0 Å². The van der Waals surface area contributed by atoms with Crippen molar-refractivity contribution >= 4 is 17.6 Å². The van der Waals surface area contributed by atoms with Crippen LogP contribution in [0.3, 0.4) is 0 Å². The quantitative estimate of drug-likeness (QED) is 0.474. The first-order valence-electron chi connectivity index (χ1n) is 4.38. The molecule has 2 atom stereocenters. The van der Waals surface area contributed by atoms with Gasteiger partial charge in [0.2, 0.25) is 0 Å². The zero-order valence-electron chi connectivity index (χ0n) is 8.85. The van der Waals surface area contributed by atoms with Crippen molar-refractivity contribution in [3.8, 4) is 0 Å². The van der Waals surface area contributed by atoms with E-state index >= 15 is 0 Å². The molecule has 0 radical (unpaired) electrons. The Morgan fingerprint density at radius 2 is 1.67 bits per heavy atom. The smallest absolute Gasteiger partial charge is 0.00325 e. The Labute approximate surface area is 82.1 Å². The minimum atomic E-state index is 0.0920. The summed E-state index contributed by atoms with van der Waals surface area (Å²) in [6.07, 6.45) is 2.03. The molecule has 0 spiro atoms. The van der Waals surface area contributed by atoms with Crippen molar-refractivity contribution < 1.29 is 0 Å². The summed E-state index contributed by atoms with van der Waals surface area (Å²) < 4.78 is 0. The van der Waals surface area contributed by atoms with Crippen LogP contribution in [0.5, 0.6) is 0 Å². The highest BCUT2D eigenvalue weighted by molar-refractivity contribution is 7.79. The summed E-state index contributed by atoms with van der Waals surface area (Å²) in [6.45, 7) is 14.9. The fourth-order valence-corrected chi connectivity index (χ4v) is 1.60. The predicted molar refractivity (Wildman–Crippen MR) is 60.6 cm³/mol. The Kier molecular flexibility index (Phi) is 3.64. The van der Waals surface area contributed by atoms with Gasteiger partial charge in [-0.05, 0) is 22.1 Å². The standard InChI is InChI=1S/C11H20S/c1-7-11(6,9(2)8-12)10(3,4)5/h7-9H,1H2,2-6H3. The molecule has 0 aliphatic heterocycles. The van der Waals surface area contributed by atoms with Crippen molar-refractivity contribution in [1.29, 1.82) is 0 Å². The average molecular weight is 184 g/mol. The lowest BCUT2D eigenvalue weighted by molar-refractivity contribution is 0.135. The van der Waals surface area contributed by atoms with Crippen LogP contribution in [0.1, 0.15) is 34.6 Å². The van der Waals surface area contributed by atoms with Gasteiger partial charge in [-0.1, -0.05) is 52.9 Å². The Bertz CT molecular complexity index is 176. The summed E-state index contributed by atoms with van der Waals surface area (Å²) in [5, 5.41) is 1.84. The summed E-state index contributed by atoms with van der Waals surface area (Å²) in [5.41, 5.74) is 0.304. The summed E-state index contributed by atoms with van der Waals surface area (Å²) in [7, 11) is 0. The Balaban J connectivity index is 4.92. The van der Waals surface area contributed by atoms with Crippen LogP contribution in [0.4, 0.5) is 0 Å². The van der Waals surface area contributed by atoms with E-state index < -0.39 is 0 Å². The predicted octanol–water partition coefficient (Wildman–Crippen LogP) is 3.86. The second kappa shape index (κ2) is 3.69. The molecule has 0 saturated carbocycles. The van der Waals surface area contributed by atoms with Crippen molar-refractivity contribution in [2.45, 2.75) is 34.6 Å². The lowest BCUT2D eigenvalue weighted by Gasteiger charge is -2.43. The third-order valence-electron chi connectivity index (χ3n) is 3.19. The molecule has 0 aromatic carbocycles. The molecular formula is C11H20S. The van der Waals surface area contributed by atoms with Gasteiger partial charge >= 0.3 is 0 Å². The first-order valence-corrected chi connectivity index (χ1v) is 4.85. The van der Waals surface area contributed by atoms with Crippen molar-refractivity contribution in [2.75, 3.05) is 0 Å². The van der Waals surface area contributed by atoms with E-state index in [1.165, 1.54) is 0 Å². The molecule has 0 fully saturated rings. The van der Waals surface area contributed by atoms with Crippen molar-refractivity contribution in [3.63, 3.8) is 0 Å². The molecule has 70 valence electrons. The van der Waals surface area contributed by atoms with Gasteiger partial charge in [-0.3, -0.25) is 0 Å². The van der Waals surface area contributed by atoms with Gasteiger partial charge in [0.15, 0.2) is 0 Å². The molecule has 0 heterocycles. The molecule has 0 saturated heterocycles. The lowest BCUT2D eigenvalue weighted by Crippen LogP contribution is -2.37. The monoisotopic (exact) mass is 184 g/mol. The largest absolute Gasteiger partial charge is 0.102 e. The number of rotatable bonds is 3. The van der Waals surface area contributed by atoms with Gasteiger partial charge in [0.05, 0.1) is 0 Å². The molecule has 0 N–H and O–H groups in total. The molecule has 0 bridgehead atoms. The maximum Gasteiger partial charge on any atom is -0.00325 e. The van der Waals surface area contributed by atoms with E-state index in [9.17, 15) is 0 Å². The minimum Gasteiger partial charge on any atom is -0.102 e. The normalized spacial score (nSPS) is 19.4. The maximum absolute atomic E-state index is 4.99. The molecule has 0 rings (SSSR count). The van der Waals surface area contributed by atoms with Crippen LogP contribution in [0, 0.1) is 16.7 Å². The summed E-state index contributed by atoms with van der Waals surface area (Å²) in [5.74, 6) is 0.394. The number of thiocarbonyl (C=S) groups is 1. The molecule has 1 heteroatoms. The van der Waals surface area contributed by atoms with Gasteiger partial charge in [-0.2, -0.15) is 0 Å². The molecule has 0 aliphatic carbocycles. The number of hydrogen-bond donors (Lipinski definition) is 0. The number of allylic oxidation sites excluding steroid dienone is 1. The zero-order chi connectivity index (χ0) is 9.99. The third kappa shape index (κ3) is 1.95. The molecular weight excluding hydrogens is 164 g/mol. The topological polar surface area (TPSA) is 0 Å². The lowest BCUT2D eigenvalue weighted by atomic mass is 9.62. The highest BCUT2D eigenvalue weighted by Crippen LogP contribution is 2.44. The molecule has 0 aliphatic rings. The van der Waals surface area contributed by atoms with Crippen LogP contribution in [0.2, 0.25) is 0 Å². The maximum atomic E-state index is 4.99. The van der Waals surface area contributed by atoms with Gasteiger partial charge in [-0.25, -0.2) is 0 Å². The summed E-state index contributed by atoms with van der Waals surface area (Å²) >= 11 is 4.99. The van der Waals surface area contributed by atoms with Crippen LogP contribution in [0.25, 0.3) is 0 Å². The minimum absolute atomic E-state index is 0.0920. The van der Waals surface area contributed by atoms with Crippen molar-refractivity contribution in [2.24, 2.45) is 16.7 Å². The Morgan fingerprint density at radius 1 is 1.25 bits per heavy atom. The van der Waals surface area contributed by atoms with Gasteiger partial charge in [-0.15, -0.1) is 6.58 Å². The Hall–Kier alpha value is -0.170. The molecule has 0 aromatic heterocycles. The van der Waals surface area contributed by atoms with Crippen LogP contribution >= 0.6 is 12.2 Å². The third-order valence-corrected chi connectivity index (χ3v) is 3.60. The van der Waals surface area contributed by atoms with Crippen LogP contribution in [0.15, 0.2) is 12.7 Å². The SMILES string of the molecule is C=CC(C)(C(C)C=S)C(C)(C)C. The molecule has 2 unspecified atom stereocenters. The summed E-state index contributed by atoms with van der Waals surface area (Å²) in [6, 6.07) is 0. The van der Waals surface area contributed by atoms with E-state index in [4.69, 9.17) is 12.2 Å². The molecule has 12 heavy (non-hydrogen) atoms. The van der Waals surface area contributed by atoms with Crippen LogP contribution in [-0.2, 0) is 0 Å². The van der Waals surface area contributed by atoms with E-state index in [2.05, 4.69) is 41.2 Å². The van der Waals surface area contributed by atoms with E-state index in [1.807, 2.05) is 11.4 Å². The second-order valence-corrected chi connectivity index (χ2v) is 4.93. The van der Waals surface area contributed by atoms with Crippen LogP contribution in [-0.4, -0.2) is 5.37 Å². The highest BCUT2D eigenvalue weighted by Gasteiger charge is 2.38. The first kappa shape index (κ1) is 11.8. The van der Waals surface area contributed by atoms with Crippen molar-refractivity contribution in [1.82, 2.24) is 0 Å². The van der Waals surface area contributed by atoms with Gasteiger partial charge in [0, 0.05) is 0 Å². The van der Waals surface area contributed by atoms with Gasteiger partial charge in [0.25, 0.3) is 0 Å². The fourth-order valence-electron chi connectivity index (χ4n) is 1.32. The molecule has 0 aromatic rings. The average Bonchev–Trinajstić information content (AvgIpc) is 1.99. The van der Waals surface area contributed by atoms with Crippen molar-refractivity contribution in [3.05, 3.63) is 12.7 Å². The summed E-state index contributed by atoms with van der Waals surface area (Å²) in [4.78, 5) is 0. The highest BCUT2D eigenvalue weighted by atomic mass is 32.1. The first-order chi connectivity index (χ1) is 5.29. The van der Waals surface area contributed by atoms with E-state index in [1.54, 1.807) is 0 Å². The zero-order valence-corrected chi connectivity index (χ0v) is 9.66. The molecule has 0 amide bonds. The van der Waals surface area contributed by atoms with Gasteiger partial charge in [0.1, 0.15) is 0 Å². The van der Waals surface area contributed by atoms with Gasteiger partial charge < -0.3 is 0 Å². The second-order valence-electron chi connectivity index (χ2n) is 4.66. The number of hydrogen-bond acceptors (Lipinski definition) is 1. The van der Waals surface area contributed by atoms with E-state index in [0.29, 0.717) is 5.92 Å². The fraction of sp³-hybridized carbons (Fsp3) is 0.727.